The Balaban J connectivity index is 1.74. The van der Waals surface area contributed by atoms with E-state index in [-0.39, 0.29) is 22.6 Å². The van der Waals surface area contributed by atoms with Crippen molar-refractivity contribution in [1.29, 1.82) is 0 Å². The average Bonchev–Trinajstić information content (AvgIpc) is 2.82. The summed E-state index contributed by atoms with van der Waals surface area (Å²) in [7, 11) is 1.63. The zero-order chi connectivity index (χ0) is 14.2. The van der Waals surface area contributed by atoms with Crippen molar-refractivity contribution in [2.75, 3.05) is 12.4 Å². The summed E-state index contributed by atoms with van der Waals surface area (Å²) in [5.41, 5.74) is 0.645. The number of carbonyl (C=O) groups is 1. The fourth-order valence-corrected chi connectivity index (χ4v) is 2.56. The molecule has 0 aromatic carbocycles. The van der Waals surface area contributed by atoms with Gasteiger partial charge in [0.15, 0.2) is 10.8 Å². The molecule has 1 fully saturated rings. The highest BCUT2D eigenvalue weighted by Crippen LogP contribution is 2.38. The lowest BCUT2D eigenvalue weighted by atomic mass is 9.77. The van der Waals surface area contributed by atoms with Crippen LogP contribution in [0.15, 0.2) is 6.33 Å². The highest BCUT2D eigenvalue weighted by Gasteiger charge is 2.39. The molecule has 20 heavy (non-hydrogen) atoms. The van der Waals surface area contributed by atoms with Crippen molar-refractivity contribution in [3.05, 3.63) is 11.5 Å². The molecule has 0 atom stereocenters. The Hall–Kier alpha value is -1.73. The number of methoxy groups -OCH3 is 1. The van der Waals surface area contributed by atoms with Crippen molar-refractivity contribution in [2.24, 2.45) is 0 Å². The smallest absolute Gasteiger partial charge is 0.233 e. The van der Waals surface area contributed by atoms with E-state index in [2.05, 4.69) is 25.3 Å². The fraction of sp³-hybridized carbons (Fsp3) is 0.500. The molecule has 0 aliphatic heterocycles. The van der Waals surface area contributed by atoms with Gasteiger partial charge in [0.1, 0.15) is 5.52 Å². The number of ether oxygens (including phenoxy) is 1. The van der Waals surface area contributed by atoms with Gasteiger partial charge in [-0.25, -0.2) is 4.98 Å². The maximum atomic E-state index is 12.0. The highest BCUT2D eigenvalue weighted by atomic mass is 35.5. The standard InChI is InChI=1S/C12H14ClN5O2/c1-20-12(3-2-4-12)5-7(19)16-11-17-9(13)8-10(18-11)15-6-14-8/h6H,2-5H2,1H3,(H2,14,15,16,17,18,19). The number of hydrogen-bond acceptors (Lipinski definition) is 5. The predicted octanol–water partition coefficient (Wildman–Crippen LogP) is 1.90. The van der Waals surface area contributed by atoms with Crippen LogP contribution in [-0.2, 0) is 9.53 Å². The number of amides is 1. The number of rotatable bonds is 4. The molecule has 2 aromatic heterocycles. The van der Waals surface area contributed by atoms with E-state index in [9.17, 15) is 4.79 Å². The maximum absolute atomic E-state index is 12.0. The molecular weight excluding hydrogens is 282 g/mol. The van der Waals surface area contributed by atoms with Crippen molar-refractivity contribution in [1.82, 2.24) is 19.9 Å². The molecule has 0 bridgehead atoms. The highest BCUT2D eigenvalue weighted by molar-refractivity contribution is 6.33. The Morgan fingerprint density at radius 3 is 3.00 bits per heavy atom. The molecule has 1 saturated carbocycles. The van der Waals surface area contributed by atoms with Crippen LogP contribution in [0.3, 0.4) is 0 Å². The van der Waals surface area contributed by atoms with Crippen molar-refractivity contribution >= 4 is 34.6 Å². The number of imidazole rings is 1. The Morgan fingerprint density at radius 2 is 2.35 bits per heavy atom. The number of hydrogen-bond donors (Lipinski definition) is 2. The second kappa shape index (κ2) is 4.99. The van der Waals surface area contributed by atoms with Crippen molar-refractivity contribution < 1.29 is 9.53 Å². The van der Waals surface area contributed by atoms with Gasteiger partial charge in [-0.15, -0.1) is 0 Å². The topological polar surface area (TPSA) is 92.8 Å². The van der Waals surface area contributed by atoms with Gasteiger partial charge in [-0.1, -0.05) is 11.6 Å². The molecule has 7 nitrogen and oxygen atoms in total. The minimum absolute atomic E-state index is 0.158. The first-order chi connectivity index (χ1) is 9.62. The molecular formula is C12H14ClN5O2. The number of aromatic nitrogens is 4. The van der Waals surface area contributed by atoms with Gasteiger partial charge >= 0.3 is 0 Å². The minimum Gasteiger partial charge on any atom is -0.378 e. The molecule has 1 amide bonds. The van der Waals surface area contributed by atoms with Gasteiger partial charge in [0, 0.05) is 7.11 Å². The van der Waals surface area contributed by atoms with Crippen molar-refractivity contribution in [3.63, 3.8) is 0 Å². The van der Waals surface area contributed by atoms with E-state index in [0.717, 1.165) is 19.3 Å². The SMILES string of the molecule is COC1(CC(=O)Nc2nc(Cl)c3[nH]cnc3n2)CCC1. The summed E-state index contributed by atoms with van der Waals surface area (Å²) in [6.07, 6.45) is 4.66. The number of nitrogens with one attached hydrogen (secondary N) is 2. The molecule has 1 aliphatic rings. The summed E-state index contributed by atoms with van der Waals surface area (Å²) >= 11 is 5.99. The van der Waals surface area contributed by atoms with Gasteiger partial charge in [0.05, 0.1) is 18.3 Å². The summed E-state index contributed by atoms with van der Waals surface area (Å²) in [6, 6.07) is 0. The van der Waals surface area contributed by atoms with Crippen LogP contribution in [0.5, 0.6) is 0 Å². The summed E-state index contributed by atoms with van der Waals surface area (Å²) in [6.45, 7) is 0. The van der Waals surface area contributed by atoms with Crippen LogP contribution < -0.4 is 5.32 Å². The van der Waals surface area contributed by atoms with Gasteiger partial charge in [-0.3, -0.25) is 10.1 Å². The molecule has 0 saturated heterocycles. The quantitative estimate of drug-likeness (QED) is 0.840. The van der Waals surface area contributed by atoms with Gasteiger partial charge in [-0.2, -0.15) is 9.97 Å². The zero-order valence-electron chi connectivity index (χ0n) is 10.9. The predicted molar refractivity (Wildman–Crippen MR) is 73.5 cm³/mol. The lowest BCUT2D eigenvalue weighted by Gasteiger charge is -2.39. The van der Waals surface area contributed by atoms with Gasteiger partial charge in [0.25, 0.3) is 0 Å². The van der Waals surface area contributed by atoms with Crippen LogP contribution in [0.4, 0.5) is 5.95 Å². The van der Waals surface area contributed by atoms with Crippen molar-refractivity contribution in [3.8, 4) is 0 Å². The lowest BCUT2D eigenvalue weighted by Crippen LogP contribution is -2.42. The van der Waals surface area contributed by atoms with E-state index >= 15 is 0 Å². The fourth-order valence-electron chi connectivity index (χ4n) is 2.34. The third-order valence-corrected chi connectivity index (χ3v) is 3.95. The summed E-state index contributed by atoms with van der Waals surface area (Å²) < 4.78 is 5.42. The molecule has 1 aliphatic carbocycles. The van der Waals surface area contributed by atoms with E-state index in [1.54, 1.807) is 7.11 Å². The Bertz CT molecular complexity index is 647. The van der Waals surface area contributed by atoms with Gasteiger partial charge in [0.2, 0.25) is 11.9 Å². The Morgan fingerprint density at radius 1 is 1.55 bits per heavy atom. The molecule has 8 heteroatoms. The molecule has 0 spiro atoms. The van der Waals surface area contributed by atoms with E-state index in [4.69, 9.17) is 16.3 Å². The van der Waals surface area contributed by atoms with Crippen LogP contribution in [0.25, 0.3) is 11.2 Å². The van der Waals surface area contributed by atoms with Gasteiger partial charge in [-0.05, 0) is 19.3 Å². The normalized spacial score (nSPS) is 16.9. The first kappa shape index (κ1) is 13.3. The first-order valence-electron chi connectivity index (χ1n) is 6.33. The summed E-state index contributed by atoms with van der Waals surface area (Å²) in [5.74, 6) is -0.0253. The molecule has 0 radical (unpaired) electrons. The zero-order valence-corrected chi connectivity index (χ0v) is 11.7. The third-order valence-electron chi connectivity index (χ3n) is 3.67. The van der Waals surface area contributed by atoms with Crippen LogP contribution in [0.1, 0.15) is 25.7 Å². The third kappa shape index (κ3) is 2.34. The molecule has 3 rings (SSSR count). The molecule has 106 valence electrons. The van der Waals surface area contributed by atoms with Crippen LogP contribution >= 0.6 is 11.6 Å². The van der Waals surface area contributed by atoms with Crippen LogP contribution in [-0.4, -0.2) is 38.6 Å². The Labute approximate surface area is 120 Å². The second-order valence-corrected chi connectivity index (χ2v) is 5.26. The van der Waals surface area contributed by atoms with Crippen LogP contribution in [0, 0.1) is 0 Å². The lowest BCUT2D eigenvalue weighted by molar-refractivity contribution is -0.129. The number of H-pyrrole nitrogens is 1. The van der Waals surface area contributed by atoms with E-state index < -0.39 is 0 Å². The Kier molecular flexibility index (Phi) is 3.31. The number of fused-ring (bicyclic) bond motifs is 1. The number of nitrogens with zero attached hydrogens (tertiary/aromatic N) is 3. The number of carbonyl (C=O) groups excluding carboxylic acids is 1. The molecule has 0 unspecified atom stereocenters. The molecule has 2 aromatic rings. The monoisotopic (exact) mass is 295 g/mol. The van der Waals surface area contributed by atoms with E-state index in [1.165, 1.54) is 6.33 Å². The average molecular weight is 296 g/mol. The summed E-state index contributed by atoms with van der Waals surface area (Å²) in [4.78, 5) is 27.0. The molecule has 2 N–H and O–H groups in total. The van der Waals surface area contributed by atoms with Crippen LogP contribution in [0.2, 0.25) is 5.15 Å². The van der Waals surface area contributed by atoms with E-state index in [0.29, 0.717) is 17.6 Å². The first-order valence-corrected chi connectivity index (χ1v) is 6.71. The number of halogens is 1. The van der Waals surface area contributed by atoms with E-state index in [1.807, 2.05) is 0 Å². The largest absolute Gasteiger partial charge is 0.378 e. The molecule has 2 heterocycles. The second-order valence-electron chi connectivity index (χ2n) is 4.90. The van der Waals surface area contributed by atoms with Gasteiger partial charge < -0.3 is 9.72 Å². The maximum Gasteiger partial charge on any atom is 0.233 e. The number of aromatic amines is 1. The van der Waals surface area contributed by atoms with Crippen molar-refractivity contribution in [2.45, 2.75) is 31.3 Å². The number of anilines is 1. The summed E-state index contributed by atoms with van der Waals surface area (Å²) in [5, 5.41) is 2.87. The minimum atomic E-state index is -0.329.